The van der Waals surface area contributed by atoms with Crippen molar-refractivity contribution in [3.05, 3.63) is 106 Å². The average Bonchev–Trinajstić information content (AvgIpc) is 2.79. The molecule has 0 saturated carbocycles. The third kappa shape index (κ3) is 5.09. The smallest absolute Gasteiger partial charge is 0.266 e. The van der Waals surface area contributed by atoms with Crippen molar-refractivity contribution >= 4 is 16.8 Å². The van der Waals surface area contributed by atoms with Crippen LogP contribution in [0.5, 0.6) is 0 Å². The molecule has 1 atom stereocenters. The molecule has 174 valence electrons. The number of aryl methyl sites for hydroxylation is 1. The number of carbonyl (C=O) groups is 1. The van der Waals surface area contributed by atoms with E-state index in [2.05, 4.69) is 26.1 Å². The number of benzene rings is 3. The van der Waals surface area contributed by atoms with Crippen LogP contribution in [-0.2, 0) is 6.42 Å². The number of nitrogens with zero attached hydrogens (tertiary/aromatic N) is 2. The van der Waals surface area contributed by atoms with Gasteiger partial charge in [-0.3, -0.25) is 14.2 Å². The molecule has 0 aliphatic heterocycles. The van der Waals surface area contributed by atoms with E-state index in [1.165, 1.54) is 5.56 Å². The molecule has 1 heterocycles. The third-order valence-corrected chi connectivity index (χ3v) is 5.78. The summed E-state index contributed by atoms with van der Waals surface area (Å²) in [5.74, 6) is 0.290. The minimum atomic E-state index is -0.486. The monoisotopic (exact) mass is 453 g/mol. The van der Waals surface area contributed by atoms with Gasteiger partial charge in [-0.05, 0) is 67.6 Å². The summed E-state index contributed by atoms with van der Waals surface area (Å²) in [7, 11) is 0. The quantitative estimate of drug-likeness (QED) is 0.417. The predicted molar refractivity (Wildman–Crippen MR) is 138 cm³/mol. The molecule has 5 heteroatoms. The lowest BCUT2D eigenvalue weighted by Crippen LogP contribution is -2.33. The van der Waals surface area contributed by atoms with Crippen molar-refractivity contribution < 1.29 is 4.79 Å². The number of amides is 1. The molecule has 3 aromatic carbocycles. The zero-order valence-corrected chi connectivity index (χ0v) is 20.4. The van der Waals surface area contributed by atoms with E-state index < -0.39 is 6.04 Å². The van der Waals surface area contributed by atoms with E-state index in [-0.39, 0.29) is 16.9 Å². The van der Waals surface area contributed by atoms with Crippen molar-refractivity contribution in [2.24, 2.45) is 5.41 Å². The van der Waals surface area contributed by atoms with Crippen molar-refractivity contribution in [1.82, 2.24) is 14.9 Å². The largest absolute Gasteiger partial charge is 0.342 e. The van der Waals surface area contributed by atoms with Crippen LogP contribution in [0.1, 0.15) is 61.0 Å². The molecular formula is C29H31N3O2. The molecule has 1 N–H and O–H groups in total. The second kappa shape index (κ2) is 9.26. The number of fused-ring (bicyclic) bond motifs is 1. The first-order valence-corrected chi connectivity index (χ1v) is 11.6. The topological polar surface area (TPSA) is 64.0 Å². The Hall–Kier alpha value is -3.73. The van der Waals surface area contributed by atoms with Gasteiger partial charge in [-0.15, -0.1) is 0 Å². The highest BCUT2D eigenvalue weighted by Crippen LogP contribution is 2.22. The molecule has 0 fully saturated rings. The van der Waals surface area contributed by atoms with Gasteiger partial charge in [0.15, 0.2) is 0 Å². The highest BCUT2D eigenvalue weighted by Gasteiger charge is 2.20. The molecule has 0 aliphatic carbocycles. The molecule has 1 amide bonds. The molecule has 0 aliphatic rings. The van der Waals surface area contributed by atoms with Gasteiger partial charge >= 0.3 is 0 Å². The van der Waals surface area contributed by atoms with Crippen LogP contribution in [0.3, 0.4) is 0 Å². The highest BCUT2D eigenvalue weighted by atomic mass is 16.2. The molecule has 0 saturated heterocycles. The Labute approximate surface area is 200 Å². The van der Waals surface area contributed by atoms with E-state index >= 15 is 0 Å². The summed E-state index contributed by atoms with van der Waals surface area (Å²) in [5, 5.41) is 3.57. The molecule has 4 rings (SSSR count). The first kappa shape index (κ1) is 23.4. The van der Waals surface area contributed by atoms with Crippen LogP contribution in [0.15, 0.2) is 77.6 Å². The molecule has 1 unspecified atom stereocenters. The Morgan fingerprint density at radius 2 is 1.62 bits per heavy atom. The number of hydrogen-bond acceptors (Lipinski definition) is 3. The SMILES string of the molecule is Cc1ccc(-n2c(C(C)NC(=O)c3ccc(CC(C)(C)C)cc3)nc3ccccc3c2=O)cc1. The number of hydrogen-bond donors (Lipinski definition) is 1. The Morgan fingerprint density at radius 1 is 0.971 bits per heavy atom. The van der Waals surface area contributed by atoms with E-state index in [9.17, 15) is 9.59 Å². The first-order chi connectivity index (χ1) is 16.1. The third-order valence-electron chi connectivity index (χ3n) is 5.78. The summed E-state index contributed by atoms with van der Waals surface area (Å²) in [5.41, 5.74) is 4.23. The number of nitrogens with one attached hydrogen (secondary N) is 1. The summed E-state index contributed by atoms with van der Waals surface area (Å²) >= 11 is 0. The maximum Gasteiger partial charge on any atom is 0.266 e. The van der Waals surface area contributed by atoms with E-state index in [0.29, 0.717) is 22.3 Å². The number of rotatable bonds is 5. The van der Waals surface area contributed by atoms with Gasteiger partial charge in [-0.25, -0.2) is 4.98 Å². The van der Waals surface area contributed by atoms with Gasteiger partial charge < -0.3 is 5.32 Å². The standard InChI is InChI=1S/C29H31N3O2/c1-19-10-16-23(17-11-19)32-26(31-25-9-7-6-8-24(25)28(32)34)20(2)30-27(33)22-14-12-21(13-15-22)18-29(3,4)5/h6-17,20H,18H2,1-5H3,(H,30,33). The molecule has 34 heavy (non-hydrogen) atoms. The Morgan fingerprint density at radius 3 is 2.26 bits per heavy atom. The number of carbonyl (C=O) groups excluding carboxylic acids is 1. The van der Waals surface area contributed by atoms with E-state index in [1.807, 2.05) is 80.6 Å². The molecule has 1 aromatic heterocycles. The number of aromatic nitrogens is 2. The lowest BCUT2D eigenvalue weighted by Gasteiger charge is -2.20. The second-order valence-electron chi connectivity index (χ2n) is 10.1. The molecule has 4 aromatic rings. The van der Waals surface area contributed by atoms with Crippen molar-refractivity contribution in [3.63, 3.8) is 0 Å². The fourth-order valence-electron chi connectivity index (χ4n) is 4.11. The Kier molecular flexibility index (Phi) is 6.38. The van der Waals surface area contributed by atoms with E-state index in [0.717, 1.165) is 17.7 Å². The highest BCUT2D eigenvalue weighted by molar-refractivity contribution is 5.94. The maximum atomic E-state index is 13.5. The molecule has 0 radical (unpaired) electrons. The average molecular weight is 454 g/mol. The minimum Gasteiger partial charge on any atom is -0.342 e. The van der Waals surface area contributed by atoms with Gasteiger partial charge in [0.25, 0.3) is 11.5 Å². The molecule has 5 nitrogen and oxygen atoms in total. The fraction of sp³-hybridized carbons (Fsp3) is 0.276. The number of para-hydroxylation sites is 1. The summed E-state index contributed by atoms with van der Waals surface area (Å²) in [6.45, 7) is 10.4. The molecule has 0 bridgehead atoms. The Bertz CT molecular complexity index is 1380. The zero-order valence-electron chi connectivity index (χ0n) is 20.4. The van der Waals surface area contributed by atoms with Crippen LogP contribution < -0.4 is 10.9 Å². The second-order valence-corrected chi connectivity index (χ2v) is 10.1. The first-order valence-electron chi connectivity index (χ1n) is 11.6. The summed E-state index contributed by atoms with van der Waals surface area (Å²) in [6, 6.07) is 22.2. The van der Waals surface area contributed by atoms with Gasteiger partial charge in [0.1, 0.15) is 5.82 Å². The van der Waals surface area contributed by atoms with Crippen molar-refractivity contribution in [1.29, 1.82) is 0 Å². The van der Waals surface area contributed by atoms with Crippen LogP contribution in [-0.4, -0.2) is 15.5 Å². The molecular weight excluding hydrogens is 422 g/mol. The van der Waals surface area contributed by atoms with Gasteiger partial charge in [0, 0.05) is 5.56 Å². The van der Waals surface area contributed by atoms with Crippen LogP contribution in [0.2, 0.25) is 0 Å². The van der Waals surface area contributed by atoms with Crippen molar-refractivity contribution in [2.75, 3.05) is 0 Å². The van der Waals surface area contributed by atoms with Gasteiger partial charge in [-0.2, -0.15) is 0 Å². The summed E-state index contributed by atoms with van der Waals surface area (Å²) in [4.78, 5) is 31.3. The Balaban J connectivity index is 1.68. The maximum absolute atomic E-state index is 13.5. The fourth-order valence-corrected chi connectivity index (χ4v) is 4.11. The van der Waals surface area contributed by atoms with Crippen LogP contribution in [0.4, 0.5) is 0 Å². The van der Waals surface area contributed by atoms with Crippen LogP contribution >= 0.6 is 0 Å². The molecule has 0 spiro atoms. The zero-order chi connectivity index (χ0) is 24.5. The van der Waals surface area contributed by atoms with Gasteiger partial charge in [0.05, 0.1) is 22.6 Å². The van der Waals surface area contributed by atoms with Gasteiger partial charge in [0.2, 0.25) is 0 Å². The summed E-state index contributed by atoms with van der Waals surface area (Å²) < 4.78 is 1.60. The van der Waals surface area contributed by atoms with Crippen LogP contribution in [0.25, 0.3) is 16.6 Å². The lowest BCUT2D eigenvalue weighted by molar-refractivity contribution is 0.0938. The van der Waals surface area contributed by atoms with Crippen LogP contribution in [0, 0.1) is 12.3 Å². The van der Waals surface area contributed by atoms with E-state index in [1.54, 1.807) is 10.6 Å². The van der Waals surface area contributed by atoms with Gasteiger partial charge in [-0.1, -0.05) is 62.7 Å². The minimum absolute atomic E-state index is 0.155. The van der Waals surface area contributed by atoms with E-state index in [4.69, 9.17) is 4.98 Å². The normalized spacial score (nSPS) is 12.5. The van der Waals surface area contributed by atoms with Crippen molar-refractivity contribution in [2.45, 2.75) is 47.1 Å². The lowest BCUT2D eigenvalue weighted by atomic mass is 9.88. The predicted octanol–water partition coefficient (Wildman–Crippen LogP) is 5.77. The summed E-state index contributed by atoms with van der Waals surface area (Å²) in [6.07, 6.45) is 0.940. The van der Waals surface area contributed by atoms with Crippen molar-refractivity contribution in [3.8, 4) is 5.69 Å².